The maximum Gasteiger partial charge on any atom is 0.106 e. The molecule has 0 amide bonds. The number of nitrogens with two attached hydrogens (primary N) is 1. The van der Waals surface area contributed by atoms with Gasteiger partial charge in [-0.1, -0.05) is 54.2 Å². The summed E-state index contributed by atoms with van der Waals surface area (Å²) in [5.41, 5.74) is 9.73. The number of hydrogen-bond donors (Lipinski definition) is 2. The van der Waals surface area contributed by atoms with Crippen LogP contribution in [0.3, 0.4) is 0 Å². The molecule has 0 aromatic heterocycles. The molecule has 0 aliphatic rings. The van der Waals surface area contributed by atoms with Crippen molar-refractivity contribution in [3.05, 3.63) is 64.2 Å². The van der Waals surface area contributed by atoms with E-state index in [4.69, 9.17) is 29.6 Å². The van der Waals surface area contributed by atoms with Gasteiger partial charge in [0.05, 0.1) is 0 Å². The van der Waals surface area contributed by atoms with Crippen molar-refractivity contribution in [3.8, 4) is 0 Å². The summed E-state index contributed by atoms with van der Waals surface area (Å²) >= 11 is 11.2. The quantitative estimate of drug-likeness (QED) is 0.839. The lowest BCUT2D eigenvalue weighted by Gasteiger charge is -2.14. The van der Waals surface area contributed by atoms with Gasteiger partial charge in [0.1, 0.15) is 4.99 Å². The molecule has 0 spiro atoms. The smallest absolute Gasteiger partial charge is 0.106 e. The Labute approximate surface area is 123 Å². The summed E-state index contributed by atoms with van der Waals surface area (Å²) < 4.78 is 0. The van der Waals surface area contributed by atoms with E-state index in [2.05, 4.69) is 5.32 Å². The van der Waals surface area contributed by atoms with Gasteiger partial charge < -0.3 is 11.1 Å². The molecule has 2 aromatic rings. The fourth-order valence-electron chi connectivity index (χ4n) is 1.93. The Morgan fingerprint density at radius 1 is 1.21 bits per heavy atom. The monoisotopic (exact) mass is 290 g/mol. The molecule has 3 N–H and O–H groups in total. The standard InChI is InChI=1S/C15H15ClN2S/c1-10-5-4-7-12(15(17)19)14(10)18-9-11-6-2-3-8-13(11)16/h2-8,18H,9H2,1H3,(H2,17,19). The molecule has 0 radical (unpaired) electrons. The summed E-state index contributed by atoms with van der Waals surface area (Å²) in [5, 5.41) is 4.12. The van der Waals surface area contributed by atoms with Gasteiger partial charge in [0.25, 0.3) is 0 Å². The van der Waals surface area contributed by atoms with Crippen molar-refractivity contribution in [1.29, 1.82) is 0 Å². The number of hydrogen-bond acceptors (Lipinski definition) is 2. The third kappa shape index (κ3) is 3.25. The minimum atomic E-state index is 0.394. The number of aryl methyl sites for hydroxylation is 1. The summed E-state index contributed by atoms with van der Waals surface area (Å²) in [5.74, 6) is 0. The van der Waals surface area contributed by atoms with E-state index in [0.717, 1.165) is 27.4 Å². The molecular formula is C15H15ClN2S. The highest BCUT2D eigenvalue weighted by Crippen LogP contribution is 2.23. The topological polar surface area (TPSA) is 38.0 Å². The van der Waals surface area contributed by atoms with Gasteiger partial charge in [-0.2, -0.15) is 0 Å². The van der Waals surface area contributed by atoms with Gasteiger partial charge >= 0.3 is 0 Å². The van der Waals surface area contributed by atoms with E-state index in [9.17, 15) is 0 Å². The van der Waals surface area contributed by atoms with Crippen molar-refractivity contribution in [2.75, 3.05) is 5.32 Å². The molecule has 2 aromatic carbocycles. The van der Waals surface area contributed by atoms with Gasteiger partial charge in [-0.25, -0.2) is 0 Å². The number of nitrogens with one attached hydrogen (secondary N) is 1. The lowest BCUT2D eigenvalue weighted by Crippen LogP contribution is -2.14. The highest BCUT2D eigenvalue weighted by molar-refractivity contribution is 7.80. The Morgan fingerprint density at radius 3 is 2.63 bits per heavy atom. The number of anilines is 1. The lowest BCUT2D eigenvalue weighted by atomic mass is 10.1. The van der Waals surface area contributed by atoms with Crippen LogP contribution in [-0.4, -0.2) is 4.99 Å². The second-order valence-corrected chi connectivity index (χ2v) is 5.15. The van der Waals surface area contributed by atoms with Gasteiger partial charge in [-0.3, -0.25) is 0 Å². The molecule has 0 aliphatic carbocycles. The third-order valence-corrected chi connectivity index (χ3v) is 3.54. The molecule has 4 heteroatoms. The van der Waals surface area contributed by atoms with Gasteiger partial charge in [-0.15, -0.1) is 0 Å². The highest BCUT2D eigenvalue weighted by Gasteiger charge is 2.08. The zero-order chi connectivity index (χ0) is 13.8. The van der Waals surface area contributed by atoms with Crippen molar-refractivity contribution in [1.82, 2.24) is 0 Å². The van der Waals surface area contributed by atoms with Crippen molar-refractivity contribution < 1.29 is 0 Å². The Balaban J connectivity index is 2.25. The molecule has 19 heavy (non-hydrogen) atoms. The predicted molar refractivity (Wildman–Crippen MR) is 85.8 cm³/mol. The summed E-state index contributed by atoms with van der Waals surface area (Å²) in [7, 11) is 0. The minimum Gasteiger partial charge on any atom is -0.389 e. The first-order chi connectivity index (χ1) is 9.09. The van der Waals surface area contributed by atoms with Crippen LogP contribution in [-0.2, 0) is 6.54 Å². The van der Waals surface area contributed by atoms with E-state index in [-0.39, 0.29) is 0 Å². The van der Waals surface area contributed by atoms with Crippen LogP contribution in [0.4, 0.5) is 5.69 Å². The second kappa shape index (κ2) is 6.04. The summed E-state index contributed by atoms with van der Waals surface area (Å²) in [6.07, 6.45) is 0. The van der Waals surface area contributed by atoms with Crippen molar-refractivity contribution >= 4 is 34.5 Å². The number of benzene rings is 2. The maximum atomic E-state index is 6.14. The zero-order valence-electron chi connectivity index (χ0n) is 10.6. The fraction of sp³-hybridized carbons (Fsp3) is 0.133. The first-order valence-electron chi connectivity index (χ1n) is 5.96. The molecule has 0 atom stereocenters. The minimum absolute atomic E-state index is 0.394. The number of halogens is 1. The zero-order valence-corrected chi connectivity index (χ0v) is 12.2. The molecule has 2 nitrogen and oxygen atoms in total. The lowest BCUT2D eigenvalue weighted by molar-refractivity contribution is 1.14. The van der Waals surface area contributed by atoms with Crippen molar-refractivity contribution in [2.45, 2.75) is 13.5 Å². The van der Waals surface area contributed by atoms with Gasteiger partial charge in [-0.05, 0) is 30.2 Å². The second-order valence-electron chi connectivity index (χ2n) is 4.31. The van der Waals surface area contributed by atoms with E-state index in [0.29, 0.717) is 11.5 Å². The van der Waals surface area contributed by atoms with E-state index < -0.39 is 0 Å². The molecule has 0 unspecified atom stereocenters. The van der Waals surface area contributed by atoms with Crippen LogP contribution in [0.1, 0.15) is 16.7 Å². The van der Waals surface area contributed by atoms with Gasteiger partial charge in [0.15, 0.2) is 0 Å². The van der Waals surface area contributed by atoms with E-state index in [1.165, 1.54) is 0 Å². The van der Waals surface area contributed by atoms with Gasteiger partial charge in [0, 0.05) is 22.8 Å². The normalized spacial score (nSPS) is 10.2. The number of rotatable bonds is 4. The maximum absolute atomic E-state index is 6.14. The van der Waals surface area contributed by atoms with Crippen LogP contribution >= 0.6 is 23.8 Å². The average molecular weight is 291 g/mol. The van der Waals surface area contributed by atoms with Crippen LogP contribution < -0.4 is 11.1 Å². The average Bonchev–Trinajstić information content (AvgIpc) is 2.38. The Morgan fingerprint density at radius 2 is 1.95 bits per heavy atom. The van der Waals surface area contributed by atoms with E-state index in [1.54, 1.807) is 0 Å². The highest BCUT2D eigenvalue weighted by atomic mass is 35.5. The molecule has 0 heterocycles. The van der Waals surface area contributed by atoms with E-state index in [1.807, 2.05) is 49.4 Å². The Hall–Kier alpha value is -1.58. The van der Waals surface area contributed by atoms with Crippen LogP contribution in [0.5, 0.6) is 0 Å². The van der Waals surface area contributed by atoms with Crippen LogP contribution in [0, 0.1) is 6.92 Å². The largest absolute Gasteiger partial charge is 0.389 e. The first-order valence-corrected chi connectivity index (χ1v) is 6.75. The molecule has 0 fully saturated rings. The van der Waals surface area contributed by atoms with Crippen LogP contribution in [0.25, 0.3) is 0 Å². The molecule has 0 aliphatic heterocycles. The molecule has 0 bridgehead atoms. The van der Waals surface area contributed by atoms with Crippen molar-refractivity contribution in [3.63, 3.8) is 0 Å². The Bertz CT molecular complexity index is 611. The molecular weight excluding hydrogens is 276 g/mol. The number of thiocarbonyl (C=S) groups is 1. The molecule has 2 rings (SSSR count). The van der Waals surface area contributed by atoms with Crippen LogP contribution in [0.2, 0.25) is 5.02 Å². The van der Waals surface area contributed by atoms with E-state index >= 15 is 0 Å². The SMILES string of the molecule is Cc1cccc(C(N)=S)c1NCc1ccccc1Cl. The summed E-state index contributed by atoms with van der Waals surface area (Å²) in [4.78, 5) is 0.394. The molecule has 0 saturated carbocycles. The summed E-state index contributed by atoms with van der Waals surface area (Å²) in [6, 6.07) is 13.7. The summed E-state index contributed by atoms with van der Waals surface area (Å²) in [6.45, 7) is 2.66. The third-order valence-electron chi connectivity index (χ3n) is 2.95. The van der Waals surface area contributed by atoms with Crippen molar-refractivity contribution in [2.24, 2.45) is 5.73 Å². The Kier molecular flexibility index (Phi) is 4.40. The fourth-order valence-corrected chi connectivity index (χ4v) is 2.31. The first kappa shape index (κ1) is 13.8. The molecule has 98 valence electrons. The van der Waals surface area contributed by atoms with Crippen LogP contribution in [0.15, 0.2) is 42.5 Å². The number of para-hydroxylation sites is 1. The predicted octanol–water partition coefficient (Wildman–Crippen LogP) is 3.89. The van der Waals surface area contributed by atoms with Gasteiger partial charge in [0.2, 0.25) is 0 Å². The molecule has 0 saturated heterocycles.